The molecule has 0 aromatic carbocycles. The van der Waals surface area contributed by atoms with Crippen molar-refractivity contribution >= 4 is 0 Å². The molecule has 1 saturated heterocycles. The zero-order chi connectivity index (χ0) is 8.27. The molecular weight excluding hydrogens is 140 g/mol. The van der Waals surface area contributed by atoms with E-state index in [1.54, 1.807) is 0 Å². The van der Waals surface area contributed by atoms with Crippen molar-refractivity contribution in [2.24, 2.45) is 5.73 Å². The molecule has 1 aliphatic heterocycles. The second-order valence-corrected chi connectivity index (χ2v) is 3.51. The Morgan fingerprint density at radius 1 is 1.73 bits per heavy atom. The van der Waals surface area contributed by atoms with E-state index in [0.29, 0.717) is 6.04 Å². The van der Waals surface area contributed by atoms with E-state index in [2.05, 4.69) is 4.90 Å². The van der Waals surface area contributed by atoms with Crippen molar-refractivity contribution in [1.82, 2.24) is 4.90 Å². The van der Waals surface area contributed by atoms with Crippen LogP contribution in [-0.4, -0.2) is 41.8 Å². The molecule has 66 valence electrons. The predicted octanol–water partition coefficient (Wildman–Crippen LogP) is -0.210. The van der Waals surface area contributed by atoms with E-state index < -0.39 is 0 Å². The molecule has 0 spiro atoms. The van der Waals surface area contributed by atoms with Crippen molar-refractivity contribution in [3.8, 4) is 0 Å². The summed E-state index contributed by atoms with van der Waals surface area (Å²) in [6, 6.07) is 0.322. The number of hydrogen-bond donors (Lipinski definition) is 2. The molecule has 0 bridgehead atoms. The van der Waals surface area contributed by atoms with E-state index in [1.165, 1.54) is 6.42 Å². The van der Waals surface area contributed by atoms with E-state index in [0.717, 1.165) is 26.1 Å². The van der Waals surface area contributed by atoms with E-state index in [9.17, 15) is 0 Å². The maximum atomic E-state index is 9.11. The molecule has 3 heteroatoms. The number of aliphatic hydroxyl groups is 1. The number of nitrogens with two attached hydrogens (primary N) is 1. The molecule has 2 unspecified atom stereocenters. The zero-order valence-electron chi connectivity index (χ0n) is 7.16. The monoisotopic (exact) mass is 158 g/mol. The number of rotatable bonds is 2. The number of β-amino-alcohol motifs (C(OH)–C–C–N with tert-alkyl or cyclic N) is 1. The smallest absolute Gasteiger partial charge is 0.0639 e. The van der Waals surface area contributed by atoms with Gasteiger partial charge in [-0.05, 0) is 26.3 Å². The molecule has 11 heavy (non-hydrogen) atoms. The van der Waals surface area contributed by atoms with Gasteiger partial charge < -0.3 is 10.8 Å². The first-order chi connectivity index (χ1) is 5.18. The molecule has 3 N–H and O–H groups in total. The standard InChI is InChI=1S/C8H18N2O/c1-7(11)5-10-4-2-3-8(9)6-10/h7-8,11H,2-6,9H2,1H3. The second-order valence-electron chi connectivity index (χ2n) is 3.51. The van der Waals surface area contributed by atoms with Crippen molar-refractivity contribution in [3.63, 3.8) is 0 Å². The van der Waals surface area contributed by atoms with Crippen LogP contribution in [0.3, 0.4) is 0 Å². The first-order valence-electron chi connectivity index (χ1n) is 4.34. The molecular formula is C8H18N2O. The van der Waals surface area contributed by atoms with E-state index in [1.807, 2.05) is 6.92 Å². The van der Waals surface area contributed by atoms with Crippen LogP contribution in [0.5, 0.6) is 0 Å². The van der Waals surface area contributed by atoms with Gasteiger partial charge in [-0.1, -0.05) is 0 Å². The number of hydrogen-bond acceptors (Lipinski definition) is 3. The molecule has 3 nitrogen and oxygen atoms in total. The summed E-state index contributed by atoms with van der Waals surface area (Å²) in [5.74, 6) is 0. The van der Waals surface area contributed by atoms with Gasteiger partial charge in [-0.2, -0.15) is 0 Å². The van der Waals surface area contributed by atoms with Gasteiger partial charge in [-0.25, -0.2) is 0 Å². The van der Waals surface area contributed by atoms with Crippen molar-refractivity contribution in [1.29, 1.82) is 0 Å². The molecule has 2 atom stereocenters. The molecule has 1 heterocycles. The minimum atomic E-state index is -0.222. The van der Waals surface area contributed by atoms with Gasteiger partial charge in [-0.15, -0.1) is 0 Å². The summed E-state index contributed by atoms with van der Waals surface area (Å²) in [6.45, 7) is 4.64. The fourth-order valence-electron chi connectivity index (χ4n) is 1.63. The molecule has 1 fully saturated rings. The van der Waals surface area contributed by atoms with Crippen LogP contribution in [0.4, 0.5) is 0 Å². The maximum absolute atomic E-state index is 9.11. The van der Waals surface area contributed by atoms with Gasteiger partial charge in [0.25, 0.3) is 0 Å². The SMILES string of the molecule is CC(O)CN1CCCC(N)C1. The topological polar surface area (TPSA) is 49.5 Å². The van der Waals surface area contributed by atoms with Crippen molar-refractivity contribution in [2.75, 3.05) is 19.6 Å². The fourth-order valence-corrected chi connectivity index (χ4v) is 1.63. The van der Waals surface area contributed by atoms with Crippen LogP contribution in [0.25, 0.3) is 0 Å². The van der Waals surface area contributed by atoms with Gasteiger partial charge in [0.1, 0.15) is 0 Å². The third-order valence-corrected chi connectivity index (χ3v) is 2.06. The van der Waals surface area contributed by atoms with Crippen LogP contribution < -0.4 is 5.73 Å². The summed E-state index contributed by atoms with van der Waals surface area (Å²) in [6.07, 6.45) is 2.09. The highest BCUT2D eigenvalue weighted by Crippen LogP contribution is 2.07. The van der Waals surface area contributed by atoms with Crippen molar-refractivity contribution in [3.05, 3.63) is 0 Å². The summed E-state index contributed by atoms with van der Waals surface area (Å²) in [4.78, 5) is 2.23. The minimum Gasteiger partial charge on any atom is -0.392 e. The molecule has 0 aromatic heterocycles. The second kappa shape index (κ2) is 4.04. The zero-order valence-corrected chi connectivity index (χ0v) is 7.16. The Morgan fingerprint density at radius 3 is 3.00 bits per heavy atom. The average Bonchev–Trinajstić information content (AvgIpc) is 1.85. The lowest BCUT2D eigenvalue weighted by atomic mass is 10.1. The Morgan fingerprint density at radius 2 is 2.45 bits per heavy atom. The Balaban J connectivity index is 2.23. The van der Waals surface area contributed by atoms with Gasteiger partial charge in [-0.3, -0.25) is 4.90 Å². The summed E-state index contributed by atoms with van der Waals surface area (Å²) in [7, 11) is 0. The Hall–Kier alpha value is -0.120. The lowest BCUT2D eigenvalue weighted by Crippen LogP contribution is -2.45. The highest BCUT2D eigenvalue weighted by molar-refractivity contribution is 4.75. The lowest BCUT2D eigenvalue weighted by molar-refractivity contribution is 0.108. The molecule has 0 saturated carbocycles. The first kappa shape index (κ1) is 8.97. The molecule has 0 aliphatic carbocycles. The summed E-state index contributed by atoms with van der Waals surface area (Å²) >= 11 is 0. The van der Waals surface area contributed by atoms with Crippen molar-refractivity contribution in [2.45, 2.75) is 31.9 Å². The van der Waals surface area contributed by atoms with Gasteiger partial charge >= 0.3 is 0 Å². The van der Waals surface area contributed by atoms with E-state index >= 15 is 0 Å². The minimum absolute atomic E-state index is 0.222. The largest absolute Gasteiger partial charge is 0.392 e. The van der Waals surface area contributed by atoms with Crippen LogP contribution in [0, 0.1) is 0 Å². The predicted molar refractivity (Wildman–Crippen MR) is 45.3 cm³/mol. The Bertz CT molecular complexity index is 115. The van der Waals surface area contributed by atoms with Crippen molar-refractivity contribution < 1.29 is 5.11 Å². The average molecular weight is 158 g/mol. The van der Waals surface area contributed by atoms with Gasteiger partial charge in [0.15, 0.2) is 0 Å². The highest BCUT2D eigenvalue weighted by Gasteiger charge is 2.16. The highest BCUT2D eigenvalue weighted by atomic mass is 16.3. The van der Waals surface area contributed by atoms with Crippen LogP contribution >= 0.6 is 0 Å². The normalized spacial score (nSPS) is 30.3. The molecule has 1 rings (SSSR count). The van der Waals surface area contributed by atoms with Crippen LogP contribution in [0.15, 0.2) is 0 Å². The van der Waals surface area contributed by atoms with Crippen LogP contribution in [0.2, 0.25) is 0 Å². The van der Waals surface area contributed by atoms with Gasteiger partial charge in [0, 0.05) is 19.1 Å². The van der Waals surface area contributed by atoms with Gasteiger partial charge in [0.2, 0.25) is 0 Å². The number of nitrogens with zero attached hydrogens (tertiary/aromatic N) is 1. The number of piperidine rings is 1. The Labute approximate surface area is 68.2 Å². The molecule has 0 radical (unpaired) electrons. The number of aliphatic hydroxyl groups excluding tert-OH is 1. The van der Waals surface area contributed by atoms with E-state index in [4.69, 9.17) is 10.8 Å². The summed E-state index contributed by atoms with van der Waals surface area (Å²) < 4.78 is 0. The van der Waals surface area contributed by atoms with Gasteiger partial charge in [0.05, 0.1) is 6.10 Å². The molecule has 0 aromatic rings. The first-order valence-corrected chi connectivity index (χ1v) is 4.34. The third-order valence-electron chi connectivity index (χ3n) is 2.06. The fraction of sp³-hybridized carbons (Fsp3) is 1.00. The Kier molecular flexibility index (Phi) is 3.30. The molecule has 1 aliphatic rings. The summed E-state index contributed by atoms with van der Waals surface area (Å²) in [5.41, 5.74) is 5.78. The number of likely N-dealkylation sites (tertiary alicyclic amines) is 1. The van der Waals surface area contributed by atoms with Crippen LogP contribution in [-0.2, 0) is 0 Å². The quantitative estimate of drug-likeness (QED) is 0.584. The summed E-state index contributed by atoms with van der Waals surface area (Å²) in [5, 5.41) is 9.11. The maximum Gasteiger partial charge on any atom is 0.0639 e. The van der Waals surface area contributed by atoms with E-state index in [-0.39, 0.29) is 6.10 Å². The lowest BCUT2D eigenvalue weighted by Gasteiger charge is -2.31. The molecule has 0 amide bonds. The van der Waals surface area contributed by atoms with Crippen LogP contribution in [0.1, 0.15) is 19.8 Å². The third kappa shape index (κ3) is 3.18.